The molecule has 140 valence electrons. The second-order valence-corrected chi connectivity index (χ2v) is 7.57. The molecule has 2 heterocycles. The Morgan fingerprint density at radius 2 is 1.65 bits per heavy atom. The summed E-state index contributed by atoms with van der Waals surface area (Å²) in [4.78, 5) is 40.5. The molecule has 3 rings (SSSR count). The number of fused-ring (bicyclic) bond motifs is 1. The quantitative estimate of drug-likeness (QED) is 0.757. The highest BCUT2D eigenvalue weighted by atomic mass is 16.2. The van der Waals surface area contributed by atoms with Gasteiger partial charge in [0.1, 0.15) is 6.54 Å². The molecular weight excluding hydrogens is 330 g/mol. The van der Waals surface area contributed by atoms with Gasteiger partial charge in [-0.15, -0.1) is 0 Å². The fraction of sp³-hybridized carbons (Fsp3) is 0.550. The highest BCUT2D eigenvalue weighted by molar-refractivity contribution is 6.22. The van der Waals surface area contributed by atoms with Gasteiger partial charge in [0.25, 0.3) is 11.8 Å². The minimum Gasteiger partial charge on any atom is -0.353 e. The molecule has 0 saturated carbocycles. The molecule has 1 N–H and O–H groups in total. The zero-order chi connectivity index (χ0) is 18.7. The molecule has 1 atom stereocenters. The maximum atomic E-state index is 12.4. The first-order valence-electron chi connectivity index (χ1n) is 9.43. The molecule has 0 bridgehead atoms. The van der Waals surface area contributed by atoms with Crippen LogP contribution in [0.3, 0.4) is 0 Å². The molecule has 6 heteroatoms. The summed E-state index contributed by atoms with van der Waals surface area (Å²) in [5.74, 6) is -0.515. The highest BCUT2D eigenvalue weighted by Gasteiger charge is 2.36. The van der Waals surface area contributed by atoms with E-state index in [4.69, 9.17) is 0 Å². The van der Waals surface area contributed by atoms with Crippen molar-refractivity contribution in [2.75, 3.05) is 26.2 Å². The topological polar surface area (TPSA) is 69.7 Å². The minimum absolute atomic E-state index is 0.221. The van der Waals surface area contributed by atoms with E-state index in [0.29, 0.717) is 29.6 Å². The van der Waals surface area contributed by atoms with E-state index in [0.717, 1.165) is 24.4 Å². The number of carbonyl (C=O) groups is 3. The van der Waals surface area contributed by atoms with Crippen molar-refractivity contribution in [2.24, 2.45) is 5.92 Å². The second-order valence-electron chi connectivity index (χ2n) is 7.57. The fourth-order valence-electron chi connectivity index (χ4n) is 3.83. The summed E-state index contributed by atoms with van der Waals surface area (Å²) in [7, 11) is 0. The number of amides is 3. The molecule has 2 aliphatic heterocycles. The zero-order valence-electron chi connectivity index (χ0n) is 15.5. The SMILES string of the molecule is CC(C)CC(CNC(=O)CN1C(=O)c2ccccc2C1=O)N1CCCC1. The van der Waals surface area contributed by atoms with Crippen molar-refractivity contribution in [1.82, 2.24) is 15.1 Å². The molecule has 1 aromatic rings. The van der Waals surface area contributed by atoms with Gasteiger partial charge in [-0.25, -0.2) is 0 Å². The summed E-state index contributed by atoms with van der Waals surface area (Å²) >= 11 is 0. The Morgan fingerprint density at radius 3 is 2.19 bits per heavy atom. The summed E-state index contributed by atoms with van der Waals surface area (Å²) in [5.41, 5.74) is 0.750. The van der Waals surface area contributed by atoms with Crippen LogP contribution >= 0.6 is 0 Å². The van der Waals surface area contributed by atoms with Crippen LogP contribution in [0.15, 0.2) is 24.3 Å². The number of carbonyl (C=O) groups excluding carboxylic acids is 3. The number of rotatable bonds is 7. The van der Waals surface area contributed by atoms with Crippen LogP contribution < -0.4 is 5.32 Å². The number of nitrogens with one attached hydrogen (secondary N) is 1. The summed E-state index contributed by atoms with van der Waals surface area (Å²) in [5, 5.41) is 2.93. The average Bonchev–Trinajstić information content (AvgIpc) is 3.23. The van der Waals surface area contributed by atoms with Gasteiger partial charge < -0.3 is 5.32 Å². The van der Waals surface area contributed by atoms with E-state index in [2.05, 4.69) is 24.1 Å². The Kier molecular flexibility index (Phi) is 5.71. The first-order chi connectivity index (χ1) is 12.5. The maximum Gasteiger partial charge on any atom is 0.262 e. The van der Waals surface area contributed by atoms with E-state index in [1.54, 1.807) is 24.3 Å². The van der Waals surface area contributed by atoms with Gasteiger partial charge in [-0.1, -0.05) is 26.0 Å². The van der Waals surface area contributed by atoms with Crippen LogP contribution in [0.25, 0.3) is 0 Å². The third-order valence-corrected chi connectivity index (χ3v) is 5.12. The van der Waals surface area contributed by atoms with Crippen LogP contribution in [-0.4, -0.2) is 59.7 Å². The third-order valence-electron chi connectivity index (χ3n) is 5.12. The smallest absolute Gasteiger partial charge is 0.262 e. The van der Waals surface area contributed by atoms with Crippen LogP contribution in [0, 0.1) is 5.92 Å². The van der Waals surface area contributed by atoms with Crippen molar-refractivity contribution in [1.29, 1.82) is 0 Å². The summed E-state index contributed by atoms with van der Waals surface area (Å²) in [6, 6.07) is 7.00. The van der Waals surface area contributed by atoms with Gasteiger partial charge in [0.05, 0.1) is 11.1 Å². The van der Waals surface area contributed by atoms with Gasteiger partial charge in [0.15, 0.2) is 0 Å². The van der Waals surface area contributed by atoms with Crippen molar-refractivity contribution in [2.45, 2.75) is 39.2 Å². The molecule has 1 unspecified atom stereocenters. The molecule has 2 aliphatic rings. The van der Waals surface area contributed by atoms with E-state index in [-0.39, 0.29) is 24.3 Å². The Hall–Kier alpha value is -2.21. The van der Waals surface area contributed by atoms with Crippen molar-refractivity contribution in [3.05, 3.63) is 35.4 Å². The van der Waals surface area contributed by atoms with E-state index in [9.17, 15) is 14.4 Å². The van der Waals surface area contributed by atoms with Crippen molar-refractivity contribution >= 4 is 17.7 Å². The monoisotopic (exact) mass is 357 g/mol. The van der Waals surface area contributed by atoms with Crippen molar-refractivity contribution in [3.8, 4) is 0 Å². The lowest BCUT2D eigenvalue weighted by atomic mass is 10.0. The number of benzene rings is 1. The van der Waals surface area contributed by atoms with Crippen LogP contribution in [0.5, 0.6) is 0 Å². The molecule has 26 heavy (non-hydrogen) atoms. The second kappa shape index (κ2) is 7.99. The minimum atomic E-state index is -0.390. The normalized spacial score (nSPS) is 18.5. The molecule has 3 amide bonds. The first-order valence-corrected chi connectivity index (χ1v) is 9.43. The van der Waals surface area contributed by atoms with E-state index in [1.165, 1.54) is 12.8 Å². The molecule has 0 spiro atoms. The molecule has 0 aromatic heterocycles. The van der Waals surface area contributed by atoms with Crippen molar-refractivity contribution < 1.29 is 14.4 Å². The van der Waals surface area contributed by atoms with Gasteiger partial charge in [0.2, 0.25) is 5.91 Å². The van der Waals surface area contributed by atoms with Gasteiger partial charge >= 0.3 is 0 Å². The number of imide groups is 1. The van der Waals surface area contributed by atoms with Gasteiger partial charge in [-0.2, -0.15) is 0 Å². The zero-order valence-corrected chi connectivity index (χ0v) is 15.5. The number of hydrogen-bond donors (Lipinski definition) is 1. The summed E-state index contributed by atoms with van der Waals surface area (Å²) < 4.78 is 0. The van der Waals surface area contributed by atoms with E-state index < -0.39 is 0 Å². The van der Waals surface area contributed by atoms with E-state index in [1.807, 2.05) is 0 Å². The first kappa shape index (κ1) is 18.6. The molecule has 0 radical (unpaired) electrons. The molecule has 0 aliphatic carbocycles. The number of hydrogen-bond acceptors (Lipinski definition) is 4. The predicted molar refractivity (Wildman–Crippen MR) is 98.9 cm³/mol. The van der Waals surface area contributed by atoms with Crippen LogP contribution in [-0.2, 0) is 4.79 Å². The summed E-state index contributed by atoms with van der Waals surface area (Å²) in [6.45, 7) is 6.85. The number of nitrogens with zero attached hydrogens (tertiary/aromatic N) is 2. The summed E-state index contributed by atoms with van der Waals surface area (Å²) in [6.07, 6.45) is 3.43. The molecule has 1 saturated heterocycles. The van der Waals surface area contributed by atoms with E-state index >= 15 is 0 Å². The molecule has 1 aromatic carbocycles. The van der Waals surface area contributed by atoms with Gasteiger partial charge in [0, 0.05) is 12.6 Å². The lowest BCUT2D eigenvalue weighted by molar-refractivity contribution is -0.121. The number of likely N-dealkylation sites (tertiary alicyclic amines) is 1. The predicted octanol–water partition coefficient (Wildman–Crippen LogP) is 1.91. The van der Waals surface area contributed by atoms with Crippen molar-refractivity contribution in [3.63, 3.8) is 0 Å². The van der Waals surface area contributed by atoms with Crippen LogP contribution in [0.4, 0.5) is 0 Å². The van der Waals surface area contributed by atoms with Gasteiger partial charge in [-0.3, -0.25) is 24.2 Å². The largest absolute Gasteiger partial charge is 0.353 e. The third kappa shape index (κ3) is 3.96. The van der Waals surface area contributed by atoms with Gasteiger partial charge in [-0.05, 0) is 50.4 Å². The maximum absolute atomic E-state index is 12.4. The Morgan fingerprint density at radius 1 is 1.08 bits per heavy atom. The Balaban J connectivity index is 1.57. The standard InChI is InChI=1S/C20H27N3O3/c1-14(2)11-15(22-9-5-6-10-22)12-21-18(24)13-23-19(25)16-7-3-4-8-17(16)20(23)26/h3-4,7-8,14-15H,5-6,9-13H2,1-2H3,(H,21,24). The lowest BCUT2D eigenvalue weighted by Crippen LogP contribution is -2.46. The molecule has 6 nitrogen and oxygen atoms in total. The average molecular weight is 357 g/mol. The fourth-order valence-corrected chi connectivity index (χ4v) is 3.83. The molecular formula is C20H27N3O3. The lowest BCUT2D eigenvalue weighted by Gasteiger charge is -2.29. The molecule has 1 fully saturated rings. The Labute approximate surface area is 154 Å². The van der Waals surface area contributed by atoms with Crippen LogP contribution in [0.1, 0.15) is 53.8 Å². The highest BCUT2D eigenvalue weighted by Crippen LogP contribution is 2.22. The van der Waals surface area contributed by atoms with Crippen LogP contribution in [0.2, 0.25) is 0 Å². The Bertz CT molecular complexity index is 660.